The molecule has 0 saturated carbocycles. The highest BCUT2D eigenvalue weighted by molar-refractivity contribution is 5.76. The Morgan fingerprint density at radius 3 is 2.32 bits per heavy atom. The van der Waals surface area contributed by atoms with Crippen molar-refractivity contribution in [2.75, 3.05) is 6.61 Å². The Morgan fingerprint density at radius 1 is 1.04 bits per heavy atom. The first-order valence-electron chi connectivity index (χ1n) is 9.46. The van der Waals surface area contributed by atoms with Gasteiger partial charge in [0.25, 0.3) is 0 Å². The molecule has 0 radical (unpaired) electrons. The van der Waals surface area contributed by atoms with Gasteiger partial charge in [-0.05, 0) is 56.2 Å². The standard InChI is InChI=1S/C22H29N3O3/c1-22(2,3)23-13-15-6-9-17(10-7-15)28-14-20(26)16-8-11-18-19(12-16)25(5)21(27)24(18)4/h6-12,20,23,26H,13-14H2,1-5H3/t20-/m0/s1. The SMILES string of the molecule is Cn1c(=O)n(C)c2cc([C@@H](O)COc3ccc(CNC(C)(C)C)cc3)ccc21. The van der Waals surface area contributed by atoms with Crippen molar-refractivity contribution >= 4 is 11.0 Å². The van der Waals surface area contributed by atoms with E-state index in [0.717, 1.165) is 23.1 Å². The van der Waals surface area contributed by atoms with E-state index < -0.39 is 6.10 Å². The van der Waals surface area contributed by atoms with Gasteiger partial charge >= 0.3 is 5.69 Å². The molecule has 28 heavy (non-hydrogen) atoms. The molecule has 0 aliphatic heterocycles. The van der Waals surface area contributed by atoms with Gasteiger partial charge in [-0.3, -0.25) is 9.13 Å². The molecule has 2 aromatic carbocycles. The first-order valence-corrected chi connectivity index (χ1v) is 9.46. The van der Waals surface area contributed by atoms with Crippen molar-refractivity contribution in [3.8, 4) is 5.75 Å². The molecule has 3 rings (SSSR count). The first kappa shape index (κ1) is 20.2. The number of ether oxygens (including phenoxy) is 1. The van der Waals surface area contributed by atoms with E-state index in [1.807, 2.05) is 42.5 Å². The highest BCUT2D eigenvalue weighted by Crippen LogP contribution is 2.21. The van der Waals surface area contributed by atoms with Crippen LogP contribution in [0.5, 0.6) is 5.75 Å². The van der Waals surface area contributed by atoms with Gasteiger partial charge in [-0.25, -0.2) is 4.79 Å². The minimum Gasteiger partial charge on any atom is -0.491 e. The number of rotatable bonds is 6. The second-order valence-electron chi connectivity index (χ2n) is 8.22. The molecule has 0 aliphatic rings. The lowest BCUT2D eigenvalue weighted by Gasteiger charge is -2.20. The zero-order chi connectivity index (χ0) is 20.5. The molecule has 1 aromatic heterocycles. The summed E-state index contributed by atoms with van der Waals surface area (Å²) in [6.45, 7) is 7.34. The van der Waals surface area contributed by atoms with E-state index >= 15 is 0 Å². The molecule has 0 aliphatic carbocycles. The second kappa shape index (κ2) is 7.81. The summed E-state index contributed by atoms with van der Waals surface area (Å²) in [5, 5.41) is 14.0. The van der Waals surface area contributed by atoms with E-state index in [9.17, 15) is 9.90 Å². The fourth-order valence-corrected chi connectivity index (χ4v) is 3.07. The van der Waals surface area contributed by atoms with Gasteiger partial charge in [-0.15, -0.1) is 0 Å². The van der Waals surface area contributed by atoms with E-state index in [1.165, 1.54) is 5.56 Å². The van der Waals surface area contributed by atoms with Crippen LogP contribution in [-0.2, 0) is 20.6 Å². The highest BCUT2D eigenvalue weighted by Gasteiger charge is 2.13. The summed E-state index contributed by atoms with van der Waals surface area (Å²) < 4.78 is 8.93. The van der Waals surface area contributed by atoms with Crippen LogP contribution >= 0.6 is 0 Å². The third kappa shape index (κ3) is 4.46. The molecule has 2 N–H and O–H groups in total. The maximum atomic E-state index is 12.0. The van der Waals surface area contributed by atoms with Crippen LogP contribution in [0.25, 0.3) is 11.0 Å². The zero-order valence-electron chi connectivity index (χ0n) is 17.2. The maximum Gasteiger partial charge on any atom is 0.328 e. The van der Waals surface area contributed by atoms with Crippen LogP contribution in [0.15, 0.2) is 47.3 Å². The van der Waals surface area contributed by atoms with Gasteiger partial charge in [0.1, 0.15) is 18.5 Å². The molecule has 0 spiro atoms. The number of hydrogen-bond acceptors (Lipinski definition) is 4. The molecule has 1 heterocycles. The Labute approximate surface area is 165 Å². The van der Waals surface area contributed by atoms with E-state index in [-0.39, 0.29) is 17.8 Å². The Hall–Kier alpha value is -2.57. The quantitative estimate of drug-likeness (QED) is 0.687. The summed E-state index contributed by atoms with van der Waals surface area (Å²) in [5.41, 5.74) is 3.52. The second-order valence-corrected chi connectivity index (χ2v) is 8.22. The minimum absolute atomic E-state index is 0.0721. The van der Waals surface area contributed by atoms with E-state index in [1.54, 1.807) is 23.2 Å². The number of fused-ring (bicyclic) bond motifs is 1. The number of aliphatic hydroxyl groups excluding tert-OH is 1. The third-order valence-electron chi connectivity index (χ3n) is 4.83. The van der Waals surface area contributed by atoms with Crippen LogP contribution in [0.2, 0.25) is 0 Å². The molecule has 1 atom stereocenters. The van der Waals surface area contributed by atoms with Crippen molar-refractivity contribution < 1.29 is 9.84 Å². The van der Waals surface area contributed by atoms with Crippen LogP contribution in [0, 0.1) is 0 Å². The van der Waals surface area contributed by atoms with Gasteiger partial charge in [-0.1, -0.05) is 18.2 Å². The van der Waals surface area contributed by atoms with Crippen molar-refractivity contribution in [1.82, 2.24) is 14.5 Å². The molecule has 0 saturated heterocycles. The van der Waals surface area contributed by atoms with Crippen LogP contribution in [0.4, 0.5) is 0 Å². The Kier molecular flexibility index (Phi) is 5.63. The zero-order valence-corrected chi connectivity index (χ0v) is 17.2. The third-order valence-corrected chi connectivity index (χ3v) is 4.83. The molecule has 6 nitrogen and oxygen atoms in total. The number of aliphatic hydroxyl groups is 1. The molecule has 150 valence electrons. The Bertz CT molecular complexity index is 1010. The predicted octanol–water partition coefficient (Wildman–Crippen LogP) is 2.88. The van der Waals surface area contributed by atoms with Crippen LogP contribution in [-0.4, -0.2) is 26.4 Å². The summed E-state index contributed by atoms with van der Waals surface area (Å²) in [5.74, 6) is 0.715. The Balaban J connectivity index is 1.64. The van der Waals surface area contributed by atoms with E-state index in [2.05, 4.69) is 26.1 Å². The number of aromatic nitrogens is 2. The van der Waals surface area contributed by atoms with Crippen LogP contribution in [0.3, 0.4) is 0 Å². The van der Waals surface area contributed by atoms with Gasteiger partial charge in [0.15, 0.2) is 0 Å². The summed E-state index contributed by atoms with van der Waals surface area (Å²) in [4.78, 5) is 12.0. The van der Waals surface area contributed by atoms with Crippen molar-refractivity contribution in [1.29, 1.82) is 0 Å². The smallest absolute Gasteiger partial charge is 0.328 e. The summed E-state index contributed by atoms with van der Waals surface area (Å²) in [7, 11) is 3.47. The number of hydrogen-bond donors (Lipinski definition) is 2. The Morgan fingerprint density at radius 2 is 1.68 bits per heavy atom. The first-order chi connectivity index (χ1) is 13.2. The lowest BCUT2D eigenvalue weighted by Crippen LogP contribution is -2.35. The lowest BCUT2D eigenvalue weighted by atomic mass is 10.1. The lowest BCUT2D eigenvalue weighted by molar-refractivity contribution is 0.108. The van der Waals surface area contributed by atoms with E-state index in [0.29, 0.717) is 5.75 Å². The fraction of sp³-hybridized carbons (Fsp3) is 0.409. The largest absolute Gasteiger partial charge is 0.491 e. The maximum absolute atomic E-state index is 12.0. The molecular weight excluding hydrogens is 354 g/mol. The highest BCUT2D eigenvalue weighted by atomic mass is 16.5. The van der Waals surface area contributed by atoms with Gasteiger partial charge in [-0.2, -0.15) is 0 Å². The predicted molar refractivity (Wildman–Crippen MR) is 112 cm³/mol. The number of imidazole rings is 1. The van der Waals surface area contributed by atoms with Gasteiger partial charge < -0.3 is 15.2 Å². The molecular formula is C22H29N3O3. The monoisotopic (exact) mass is 383 g/mol. The minimum atomic E-state index is -0.776. The van der Waals surface area contributed by atoms with Gasteiger partial charge in [0.05, 0.1) is 11.0 Å². The van der Waals surface area contributed by atoms with Gasteiger partial charge in [0.2, 0.25) is 0 Å². The number of nitrogens with one attached hydrogen (secondary N) is 1. The normalized spacial score (nSPS) is 13.1. The summed E-state index contributed by atoms with van der Waals surface area (Å²) in [6.07, 6.45) is -0.776. The number of aryl methyl sites for hydroxylation is 2. The van der Waals surface area contributed by atoms with Crippen LogP contribution < -0.4 is 15.7 Å². The molecule has 0 fully saturated rings. The average molecular weight is 383 g/mol. The van der Waals surface area contributed by atoms with E-state index in [4.69, 9.17) is 4.74 Å². The number of benzene rings is 2. The molecule has 0 unspecified atom stereocenters. The van der Waals surface area contributed by atoms with Crippen molar-refractivity contribution in [2.45, 2.75) is 39.0 Å². The van der Waals surface area contributed by atoms with Crippen molar-refractivity contribution in [2.24, 2.45) is 14.1 Å². The number of nitrogens with zero attached hydrogens (tertiary/aromatic N) is 2. The molecule has 6 heteroatoms. The molecule has 0 bridgehead atoms. The fourth-order valence-electron chi connectivity index (χ4n) is 3.07. The van der Waals surface area contributed by atoms with Crippen LogP contribution in [0.1, 0.15) is 38.0 Å². The average Bonchev–Trinajstić information content (AvgIpc) is 2.88. The molecule has 3 aromatic rings. The van der Waals surface area contributed by atoms with Crippen molar-refractivity contribution in [3.05, 3.63) is 64.1 Å². The van der Waals surface area contributed by atoms with Gasteiger partial charge in [0, 0.05) is 26.2 Å². The summed E-state index contributed by atoms with van der Waals surface area (Å²) >= 11 is 0. The topological polar surface area (TPSA) is 68.4 Å². The van der Waals surface area contributed by atoms with Crippen molar-refractivity contribution in [3.63, 3.8) is 0 Å². The molecule has 0 amide bonds. The summed E-state index contributed by atoms with van der Waals surface area (Å²) in [6, 6.07) is 13.4.